The van der Waals surface area contributed by atoms with Crippen molar-refractivity contribution in [2.24, 2.45) is 11.7 Å². The summed E-state index contributed by atoms with van der Waals surface area (Å²) in [6, 6.07) is 1.29. The second kappa shape index (κ2) is 2.76. The van der Waals surface area contributed by atoms with Crippen molar-refractivity contribution >= 4 is 0 Å². The molecule has 2 rings (SSSR count). The van der Waals surface area contributed by atoms with Crippen molar-refractivity contribution in [2.45, 2.75) is 37.8 Å². The predicted molar refractivity (Wildman–Crippen MR) is 46.4 cm³/mol. The van der Waals surface area contributed by atoms with E-state index in [0.717, 1.165) is 12.0 Å². The molecule has 0 spiro atoms. The lowest BCUT2D eigenvalue weighted by Gasteiger charge is -2.43. The molecule has 0 aromatic carbocycles. The van der Waals surface area contributed by atoms with Gasteiger partial charge in [0.1, 0.15) is 0 Å². The number of hydrogen-bond donors (Lipinski definition) is 1. The molecule has 0 amide bonds. The summed E-state index contributed by atoms with van der Waals surface area (Å²) < 4.78 is 0. The minimum atomic E-state index is 0.487. The van der Waals surface area contributed by atoms with E-state index in [1.807, 2.05) is 0 Å². The summed E-state index contributed by atoms with van der Waals surface area (Å²) >= 11 is 0. The standard InChI is InChI=1S/C9H18N2/c1-11-3-2-7-4-8(10)6-9(11)5-7/h7-9H,2-6,10H2,1H3. The highest BCUT2D eigenvalue weighted by molar-refractivity contribution is 4.89. The summed E-state index contributed by atoms with van der Waals surface area (Å²) in [6.07, 6.45) is 5.29. The molecule has 1 aliphatic heterocycles. The molecule has 0 aromatic heterocycles. The molecular weight excluding hydrogens is 136 g/mol. The fraction of sp³-hybridized carbons (Fsp3) is 1.00. The molecule has 3 unspecified atom stereocenters. The van der Waals surface area contributed by atoms with Crippen LogP contribution in [0.4, 0.5) is 0 Å². The van der Waals surface area contributed by atoms with Crippen LogP contribution in [0.1, 0.15) is 25.7 Å². The molecule has 0 aromatic rings. The summed E-state index contributed by atoms with van der Waals surface area (Å²) in [6.45, 7) is 1.29. The Hall–Kier alpha value is -0.0800. The zero-order chi connectivity index (χ0) is 7.84. The first-order valence-corrected chi connectivity index (χ1v) is 4.71. The van der Waals surface area contributed by atoms with Gasteiger partial charge in [0.05, 0.1) is 0 Å². The third-order valence-corrected chi connectivity index (χ3v) is 3.33. The zero-order valence-corrected chi connectivity index (χ0v) is 7.29. The number of likely N-dealkylation sites (tertiary alicyclic amines) is 1. The molecule has 2 bridgehead atoms. The molecule has 1 saturated carbocycles. The topological polar surface area (TPSA) is 29.3 Å². The highest BCUT2D eigenvalue weighted by Crippen LogP contribution is 2.32. The van der Waals surface area contributed by atoms with Gasteiger partial charge in [0.2, 0.25) is 0 Å². The van der Waals surface area contributed by atoms with E-state index in [1.165, 1.54) is 32.2 Å². The van der Waals surface area contributed by atoms with Crippen molar-refractivity contribution in [3.8, 4) is 0 Å². The van der Waals surface area contributed by atoms with Crippen LogP contribution in [0.3, 0.4) is 0 Å². The Kier molecular flexibility index (Phi) is 1.90. The minimum absolute atomic E-state index is 0.487. The predicted octanol–water partition coefficient (Wildman–Crippen LogP) is 0.818. The van der Waals surface area contributed by atoms with Crippen LogP contribution < -0.4 is 5.73 Å². The van der Waals surface area contributed by atoms with Gasteiger partial charge in [-0.2, -0.15) is 0 Å². The third kappa shape index (κ3) is 1.42. The maximum Gasteiger partial charge on any atom is 0.0110 e. The maximum absolute atomic E-state index is 5.96. The van der Waals surface area contributed by atoms with E-state index in [9.17, 15) is 0 Å². The molecule has 1 saturated heterocycles. The Bertz CT molecular complexity index is 144. The minimum Gasteiger partial charge on any atom is -0.328 e. The van der Waals surface area contributed by atoms with Crippen LogP contribution in [0, 0.1) is 5.92 Å². The van der Waals surface area contributed by atoms with Gasteiger partial charge in [-0.15, -0.1) is 0 Å². The Balaban J connectivity index is 2.02. The van der Waals surface area contributed by atoms with E-state index < -0.39 is 0 Å². The first kappa shape index (κ1) is 7.56. The van der Waals surface area contributed by atoms with Crippen molar-refractivity contribution in [2.75, 3.05) is 13.6 Å². The second-order valence-electron chi connectivity index (χ2n) is 4.26. The first-order chi connectivity index (χ1) is 5.25. The molecule has 2 heteroatoms. The van der Waals surface area contributed by atoms with Gasteiger partial charge in [-0.05, 0) is 45.2 Å². The average Bonchev–Trinajstić information content (AvgIpc) is 1.97. The Morgan fingerprint density at radius 2 is 2.09 bits per heavy atom. The van der Waals surface area contributed by atoms with E-state index >= 15 is 0 Å². The molecule has 2 fully saturated rings. The molecule has 2 N–H and O–H groups in total. The van der Waals surface area contributed by atoms with Gasteiger partial charge in [-0.25, -0.2) is 0 Å². The zero-order valence-electron chi connectivity index (χ0n) is 7.29. The lowest BCUT2D eigenvalue weighted by Crippen LogP contribution is -2.48. The van der Waals surface area contributed by atoms with Gasteiger partial charge in [0.25, 0.3) is 0 Å². The molecule has 2 nitrogen and oxygen atoms in total. The number of fused-ring (bicyclic) bond motifs is 2. The van der Waals surface area contributed by atoms with E-state index in [2.05, 4.69) is 11.9 Å². The number of piperidine rings is 1. The summed E-state index contributed by atoms with van der Waals surface area (Å²) in [5.41, 5.74) is 5.96. The fourth-order valence-corrected chi connectivity index (χ4v) is 2.62. The summed E-state index contributed by atoms with van der Waals surface area (Å²) in [5.74, 6) is 0.944. The van der Waals surface area contributed by atoms with E-state index in [-0.39, 0.29) is 0 Å². The highest BCUT2D eigenvalue weighted by atomic mass is 15.1. The molecule has 1 heterocycles. The van der Waals surface area contributed by atoms with Crippen LogP contribution >= 0.6 is 0 Å². The van der Waals surface area contributed by atoms with E-state index in [4.69, 9.17) is 5.73 Å². The summed E-state index contributed by atoms with van der Waals surface area (Å²) in [7, 11) is 2.24. The Morgan fingerprint density at radius 3 is 2.91 bits per heavy atom. The smallest absolute Gasteiger partial charge is 0.0110 e. The highest BCUT2D eigenvalue weighted by Gasteiger charge is 2.32. The molecule has 3 atom stereocenters. The van der Waals surface area contributed by atoms with Crippen molar-refractivity contribution in [3.63, 3.8) is 0 Å². The van der Waals surface area contributed by atoms with Crippen LogP contribution in [0.5, 0.6) is 0 Å². The first-order valence-electron chi connectivity index (χ1n) is 4.71. The number of rotatable bonds is 0. The summed E-state index contributed by atoms with van der Waals surface area (Å²) in [5, 5.41) is 0. The summed E-state index contributed by atoms with van der Waals surface area (Å²) in [4.78, 5) is 2.48. The van der Waals surface area contributed by atoms with Gasteiger partial charge in [-0.3, -0.25) is 0 Å². The van der Waals surface area contributed by atoms with Crippen molar-refractivity contribution < 1.29 is 0 Å². The van der Waals surface area contributed by atoms with Crippen molar-refractivity contribution in [1.29, 1.82) is 0 Å². The van der Waals surface area contributed by atoms with Gasteiger partial charge in [0, 0.05) is 12.1 Å². The van der Waals surface area contributed by atoms with Gasteiger partial charge < -0.3 is 10.6 Å². The molecule has 64 valence electrons. The largest absolute Gasteiger partial charge is 0.328 e. The number of hydrogen-bond acceptors (Lipinski definition) is 2. The lowest BCUT2D eigenvalue weighted by atomic mass is 9.78. The van der Waals surface area contributed by atoms with Crippen LogP contribution in [-0.2, 0) is 0 Å². The molecule has 0 radical (unpaired) electrons. The molecule has 11 heavy (non-hydrogen) atoms. The molecule has 2 aliphatic rings. The maximum atomic E-state index is 5.96. The Morgan fingerprint density at radius 1 is 1.27 bits per heavy atom. The molecular formula is C9H18N2. The van der Waals surface area contributed by atoms with Crippen LogP contribution in [0.15, 0.2) is 0 Å². The number of nitrogens with two attached hydrogens (primary N) is 1. The van der Waals surface area contributed by atoms with Gasteiger partial charge in [0.15, 0.2) is 0 Å². The van der Waals surface area contributed by atoms with Crippen molar-refractivity contribution in [1.82, 2.24) is 4.90 Å². The third-order valence-electron chi connectivity index (χ3n) is 3.33. The quantitative estimate of drug-likeness (QED) is 0.559. The van der Waals surface area contributed by atoms with Gasteiger partial charge >= 0.3 is 0 Å². The van der Waals surface area contributed by atoms with Gasteiger partial charge in [-0.1, -0.05) is 0 Å². The normalized spacial score (nSPS) is 45.8. The lowest BCUT2D eigenvalue weighted by molar-refractivity contribution is 0.0868. The van der Waals surface area contributed by atoms with E-state index in [1.54, 1.807) is 0 Å². The van der Waals surface area contributed by atoms with Crippen LogP contribution in [0.25, 0.3) is 0 Å². The molecule has 1 aliphatic carbocycles. The van der Waals surface area contributed by atoms with Crippen molar-refractivity contribution in [3.05, 3.63) is 0 Å². The SMILES string of the molecule is CN1CCC2CC(N)CC1C2. The Labute approximate surface area is 68.7 Å². The second-order valence-corrected chi connectivity index (χ2v) is 4.26. The average molecular weight is 154 g/mol. The van der Waals surface area contributed by atoms with E-state index in [0.29, 0.717) is 6.04 Å². The van der Waals surface area contributed by atoms with Crippen LogP contribution in [-0.4, -0.2) is 30.6 Å². The monoisotopic (exact) mass is 154 g/mol. The number of nitrogens with zero attached hydrogens (tertiary/aromatic N) is 1. The van der Waals surface area contributed by atoms with Crippen LogP contribution in [0.2, 0.25) is 0 Å². The fourth-order valence-electron chi connectivity index (χ4n) is 2.62.